The van der Waals surface area contributed by atoms with Gasteiger partial charge in [0.1, 0.15) is 6.04 Å². The van der Waals surface area contributed by atoms with Crippen LogP contribution in [0.5, 0.6) is 0 Å². The molecule has 2 rings (SSSR count). The smallest absolute Gasteiger partial charge is 0.255 e. The molecular formula is C12H17N3O2. The van der Waals surface area contributed by atoms with Gasteiger partial charge in [0.15, 0.2) is 0 Å². The summed E-state index contributed by atoms with van der Waals surface area (Å²) in [5.74, 6) is -0.182. The highest BCUT2D eigenvalue weighted by Gasteiger charge is 2.19. The first kappa shape index (κ1) is 12.0. The summed E-state index contributed by atoms with van der Waals surface area (Å²) in [7, 11) is 0. The molecule has 3 N–H and O–H groups in total. The van der Waals surface area contributed by atoms with Crippen LogP contribution in [-0.2, 0) is 9.53 Å². The summed E-state index contributed by atoms with van der Waals surface area (Å²) in [6, 6.07) is 8.72. The maximum Gasteiger partial charge on any atom is 0.255 e. The number of nitrogens with two attached hydrogens (primary N) is 1. The molecule has 0 radical (unpaired) electrons. The third-order valence-corrected chi connectivity index (χ3v) is 2.72. The number of amides is 1. The van der Waals surface area contributed by atoms with Crippen LogP contribution in [0.15, 0.2) is 30.3 Å². The molecule has 17 heavy (non-hydrogen) atoms. The number of nitrogens with one attached hydrogen (secondary N) is 1. The van der Waals surface area contributed by atoms with Crippen LogP contribution in [0.4, 0.5) is 0 Å². The number of ether oxygens (including phenoxy) is 1. The third-order valence-electron chi connectivity index (χ3n) is 2.72. The van der Waals surface area contributed by atoms with Crippen molar-refractivity contribution in [2.45, 2.75) is 6.04 Å². The van der Waals surface area contributed by atoms with E-state index in [0.717, 1.165) is 5.56 Å². The molecule has 5 heteroatoms. The molecule has 1 heterocycles. The predicted molar refractivity (Wildman–Crippen MR) is 63.9 cm³/mol. The van der Waals surface area contributed by atoms with E-state index >= 15 is 0 Å². The van der Waals surface area contributed by atoms with E-state index in [1.807, 2.05) is 35.3 Å². The van der Waals surface area contributed by atoms with Crippen LogP contribution >= 0.6 is 0 Å². The lowest BCUT2D eigenvalue weighted by molar-refractivity contribution is -0.129. The zero-order valence-electron chi connectivity index (χ0n) is 9.63. The molecule has 1 aliphatic heterocycles. The Morgan fingerprint density at radius 3 is 2.59 bits per heavy atom. The zero-order valence-corrected chi connectivity index (χ0v) is 9.63. The minimum absolute atomic E-state index is 0.182. The molecule has 1 atom stereocenters. The first-order valence-corrected chi connectivity index (χ1v) is 5.71. The standard InChI is InChI=1S/C12H17N3O2/c13-11(10-4-2-1-3-5-10)12(16)14-15-6-8-17-9-7-15/h1-5,11H,6-9,13H2,(H,14,16). The van der Waals surface area contributed by atoms with Crippen LogP contribution in [-0.4, -0.2) is 37.2 Å². The fourth-order valence-corrected chi connectivity index (χ4v) is 1.71. The Kier molecular flexibility index (Phi) is 4.08. The lowest BCUT2D eigenvalue weighted by atomic mass is 10.1. The van der Waals surface area contributed by atoms with Crippen molar-refractivity contribution in [1.82, 2.24) is 10.4 Å². The van der Waals surface area contributed by atoms with Gasteiger partial charge in [-0.1, -0.05) is 30.3 Å². The zero-order chi connectivity index (χ0) is 12.1. The van der Waals surface area contributed by atoms with Gasteiger partial charge in [0.25, 0.3) is 5.91 Å². The van der Waals surface area contributed by atoms with Gasteiger partial charge in [-0.15, -0.1) is 0 Å². The molecule has 92 valence electrons. The Morgan fingerprint density at radius 1 is 1.29 bits per heavy atom. The fraction of sp³-hybridized carbons (Fsp3) is 0.417. The molecule has 1 fully saturated rings. The SMILES string of the molecule is NC(C(=O)NN1CCOCC1)c1ccccc1. The van der Waals surface area contributed by atoms with Crippen molar-refractivity contribution < 1.29 is 9.53 Å². The second-order valence-electron chi connectivity index (χ2n) is 3.96. The van der Waals surface area contributed by atoms with Crippen molar-refractivity contribution in [3.8, 4) is 0 Å². The number of nitrogens with zero attached hydrogens (tertiary/aromatic N) is 1. The molecule has 1 amide bonds. The molecule has 1 unspecified atom stereocenters. The average Bonchev–Trinajstić information content (AvgIpc) is 2.40. The molecule has 0 bridgehead atoms. The number of benzene rings is 1. The molecule has 0 aliphatic carbocycles. The lowest BCUT2D eigenvalue weighted by Crippen LogP contribution is -2.50. The molecule has 1 saturated heterocycles. The first-order valence-electron chi connectivity index (χ1n) is 5.71. The van der Waals surface area contributed by atoms with Crippen LogP contribution in [0.1, 0.15) is 11.6 Å². The predicted octanol–water partition coefficient (Wildman–Crippen LogP) is 0.0498. The van der Waals surface area contributed by atoms with Crippen molar-refractivity contribution in [3.63, 3.8) is 0 Å². The highest BCUT2D eigenvalue weighted by atomic mass is 16.5. The number of carbonyl (C=O) groups excluding carboxylic acids is 1. The summed E-state index contributed by atoms with van der Waals surface area (Å²) in [6.45, 7) is 2.68. The van der Waals surface area contributed by atoms with Gasteiger partial charge in [-0.2, -0.15) is 0 Å². The van der Waals surface area contributed by atoms with Gasteiger partial charge < -0.3 is 10.5 Å². The monoisotopic (exact) mass is 235 g/mol. The Hall–Kier alpha value is -1.43. The van der Waals surface area contributed by atoms with Gasteiger partial charge in [-0.3, -0.25) is 10.2 Å². The van der Waals surface area contributed by atoms with Gasteiger partial charge in [0.05, 0.1) is 13.2 Å². The number of morpholine rings is 1. The number of hydrogen-bond donors (Lipinski definition) is 2. The van der Waals surface area contributed by atoms with Crippen LogP contribution in [0.3, 0.4) is 0 Å². The van der Waals surface area contributed by atoms with Crippen molar-refractivity contribution in [1.29, 1.82) is 0 Å². The minimum atomic E-state index is -0.626. The van der Waals surface area contributed by atoms with Crippen molar-refractivity contribution in [3.05, 3.63) is 35.9 Å². The number of hydrazine groups is 1. The van der Waals surface area contributed by atoms with Gasteiger partial charge in [-0.25, -0.2) is 5.01 Å². The van der Waals surface area contributed by atoms with Crippen molar-refractivity contribution in [2.24, 2.45) is 5.73 Å². The molecule has 0 spiro atoms. The molecule has 0 saturated carbocycles. The Morgan fingerprint density at radius 2 is 1.94 bits per heavy atom. The molecule has 1 aliphatic rings. The van der Waals surface area contributed by atoms with Crippen molar-refractivity contribution >= 4 is 5.91 Å². The van der Waals surface area contributed by atoms with E-state index in [4.69, 9.17) is 10.5 Å². The summed E-state index contributed by atoms with van der Waals surface area (Å²) in [5, 5.41) is 1.84. The van der Waals surface area contributed by atoms with E-state index in [-0.39, 0.29) is 5.91 Å². The quantitative estimate of drug-likeness (QED) is 0.777. The summed E-state index contributed by atoms with van der Waals surface area (Å²) in [5.41, 5.74) is 9.51. The summed E-state index contributed by atoms with van der Waals surface area (Å²) in [4.78, 5) is 11.9. The van der Waals surface area contributed by atoms with Gasteiger partial charge in [-0.05, 0) is 5.56 Å². The maximum absolute atomic E-state index is 11.9. The van der Waals surface area contributed by atoms with Crippen LogP contribution in [0, 0.1) is 0 Å². The maximum atomic E-state index is 11.9. The first-order chi connectivity index (χ1) is 8.27. The van der Waals surface area contributed by atoms with Crippen LogP contribution < -0.4 is 11.2 Å². The van der Waals surface area contributed by atoms with Crippen LogP contribution in [0.25, 0.3) is 0 Å². The summed E-state index contributed by atoms with van der Waals surface area (Å²) in [6.07, 6.45) is 0. The number of carbonyl (C=O) groups is 1. The van der Waals surface area contributed by atoms with Gasteiger partial charge in [0, 0.05) is 13.1 Å². The topological polar surface area (TPSA) is 67.6 Å². The second-order valence-corrected chi connectivity index (χ2v) is 3.96. The molecule has 5 nitrogen and oxygen atoms in total. The summed E-state index contributed by atoms with van der Waals surface area (Å²) < 4.78 is 5.20. The highest BCUT2D eigenvalue weighted by Crippen LogP contribution is 2.09. The minimum Gasteiger partial charge on any atom is -0.379 e. The fourth-order valence-electron chi connectivity index (χ4n) is 1.71. The van der Waals surface area contributed by atoms with Crippen molar-refractivity contribution in [2.75, 3.05) is 26.3 Å². The Labute approximate surface area is 101 Å². The molecular weight excluding hydrogens is 218 g/mol. The average molecular weight is 235 g/mol. The normalized spacial score (nSPS) is 18.6. The number of rotatable bonds is 3. The molecule has 0 aromatic heterocycles. The lowest BCUT2D eigenvalue weighted by Gasteiger charge is -2.28. The largest absolute Gasteiger partial charge is 0.379 e. The van der Waals surface area contributed by atoms with Crippen LogP contribution in [0.2, 0.25) is 0 Å². The van der Waals surface area contributed by atoms with E-state index in [9.17, 15) is 4.79 Å². The second kappa shape index (κ2) is 5.77. The van der Waals surface area contributed by atoms with E-state index in [0.29, 0.717) is 26.3 Å². The molecule has 1 aromatic rings. The number of hydrogen-bond acceptors (Lipinski definition) is 4. The van der Waals surface area contributed by atoms with E-state index in [2.05, 4.69) is 5.43 Å². The van der Waals surface area contributed by atoms with Gasteiger partial charge >= 0.3 is 0 Å². The van der Waals surface area contributed by atoms with E-state index < -0.39 is 6.04 Å². The van der Waals surface area contributed by atoms with Gasteiger partial charge in [0.2, 0.25) is 0 Å². The Balaban J connectivity index is 1.91. The molecule has 1 aromatic carbocycles. The highest BCUT2D eigenvalue weighted by molar-refractivity contribution is 5.82. The summed E-state index contributed by atoms with van der Waals surface area (Å²) >= 11 is 0. The van der Waals surface area contributed by atoms with E-state index in [1.165, 1.54) is 0 Å². The van der Waals surface area contributed by atoms with E-state index in [1.54, 1.807) is 0 Å². The Bertz CT molecular complexity index is 363. The third kappa shape index (κ3) is 3.26.